The average molecular weight is 222 g/mol. The van der Waals surface area contributed by atoms with E-state index >= 15 is 0 Å². The van der Waals surface area contributed by atoms with Gasteiger partial charge >= 0.3 is 6.03 Å². The first-order valence-electron chi connectivity index (χ1n) is 5.14. The molecule has 0 saturated carbocycles. The predicted molar refractivity (Wildman–Crippen MR) is 58.9 cm³/mol. The Morgan fingerprint density at radius 1 is 1.25 bits per heavy atom. The summed E-state index contributed by atoms with van der Waals surface area (Å²) in [4.78, 5) is 31.2. The fourth-order valence-corrected chi connectivity index (χ4v) is 1.24. The number of nitrogens with zero attached hydrogens (tertiary/aromatic N) is 3. The van der Waals surface area contributed by atoms with E-state index in [-0.39, 0.29) is 5.91 Å². The number of nitrogens with one attached hydrogen (secondary N) is 1. The van der Waals surface area contributed by atoms with E-state index in [4.69, 9.17) is 0 Å². The first kappa shape index (κ1) is 12.1. The summed E-state index contributed by atoms with van der Waals surface area (Å²) in [6.45, 7) is 4.37. The van der Waals surface area contributed by atoms with Gasteiger partial charge in [-0.1, -0.05) is 13.8 Å². The van der Waals surface area contributed by atoms with Crippen LogP contribution in [0.25, 0.3) is 0 Å². The predicted octanol–water partition coefficient (Wildman–Crippen LogP) is 0.949. The summed E-state index contributed by atoms with van der Waals surface area (Å²) in [5.41, 5.74) is 0.595. The highest BCUT2D eigenvalue weighted by atomic mass is 16.2. The molecule has 1 aliphatic heterocycles. The van der Waals surface area contributed by atoms with Gasteiger partial charge in [-0.3, -0.25) is 15.0 Å². The standard InChI is InChI=1S/C8H8N4O2.C2H6/c13-7-1-2-12(8(14)11-7)6-3-9-5-10-4-6;1-2/h3-5H,1-2H2,(H,11,13,14);1-2H3. The van der Waals surface area contributed by atoms with Crippen molar-refractivity contribution >= 4 is 17.6 Å². The zero-order chi connectivity index (χ0) is 12.0. The molecule has 0 spiro atoms. The molecule has 1 fully saturated rings. The van der Waals surface area contributed by atoms with Gasteiger partial charge in [0.1, 0.15) is 6.33 Å². The quantitative estimate of drug-likeness (QED) is 0.767. The molecule has 2 rings (SSSR count). The molecule has 16 heavy (non-hydrogen) atoms. The van der Waals surface area contributed by atoms with Gasteiger partial charge in [-0.05, 0) is 0 Å². The number of urea groups is 1. The highest BCUT2D eigenvalue weighted by Gasteiger charge is 2.24. The summed E-state index contributed by atoms with van der Waals surface area (Å²) in [5.74, 6) is -0.247. The molecule has 6 nitrogen and oxygen atoms in total. The minimum atomic E-state index is -0.420. The van der Waals surface area contributed by atoms with Crippen LogP contribution in [0.4, 0.5) is 10.5 Å². The number of rotatable bonds is 1. The fourth-order valence-electron chi connectivity index (χ4n) is 1.24. The maximum atomic E-state index is 11.3. The lowest BCUT2D eigenvalue weighted by atomic mass is 10.3. The molecule has 0 bridgehead atoms. The van der Waals surface area contributed by atoms with E-state index in [1.165, 1.54) is 23.6 Å². The van der Waals surface area contributed by atoms with Gasteiger partial charge in [0, 0.05) is 13.0 Å². The Balaban J connectivity index is 0.000000606. The van der Waals surface area contributed by atoms with Crippen LogP contribution in [0.15, 0.2) is 18.7 Å². The second-order valence-corrected chi connectivity index (χ2v) is 2.85. The minimum absolute atomic E-state index is 0.247. The molecule has 3 amide bonds. The number of anilines is 1. The minimum Gasteiger partial charge on any atom is -0.291 e. The molecule has 0 aliphatic carbocycles. The Hall–Kier alpha value is -1.98. The zero-order valence-corrected chi connectivity index (χ0v) is 9.30. The van der Waals surface area contributed by atoms with Gasteiger partial charge < -0.3 is 0 Å². The molecule has 1 aromatic rings. The SMILES string of the molecule is CC.O=C1CCN(c2cncnc2)C(=O)N1. The molecular formula is C10H14N4O2. The molecule has 86 valence electrons. The van der Waals surface area contributed by atoms with Gasteiger partial charge in [-0.15, -0.1) is 0 Å². The van der Waals surface area contributed by atoms with Crippen molar-refractivity contribution in [1.82, 2.24) is 15.3 Å². The lowest BCUT2D eigenvalue weighted by Crippen LogP contribution is -2.49. The normalized spacial score (nSPS) is 15.0. The molecule has 1 aromatic heterocycles. The lowest BCUT2D eigenvalue weighted by molar-refractivity contribution is -0.120. The number of hydrogen-bond acceptors (Lipinski definition) is 4. The van der Waals surface area contributed by atoms with Crippen LogP contribution in [0, 0.1) is 0 Å². The van der Waals surface area contributed by atoms with Crippen LogP contribution in [0.2, 0.25) is 0 Å². The third-order valence-corrected chi connectivity index (χ3v) is 1.91. The number of imide groups is 1. The lowest BCUT2D eigenvalue weighted by Gasteiger charge is -2.25. The van der Waals surface area contributed by atoms with E-state index in [1.807, 2.05) is 13.8 Å². The molecule has 2 heterocycles. The molecule has 0 radical (unpaired) electrons. The monoisotopic (exact) mass is 222 g/mol. The van der Waals surface area contributed by atoms with Crippen LogP contribution in [0.5, 0.6) is 0 Å². The molecule has 1 saturated heterocycles. The van der Waals surface area contributed by atoms with Crippen LogP contribution in [0.1, 0.15) is 20.3 Å². The first-order valence-corrected chi connectivity index (χ1v) is 5.14. The molecule has 1 aliphatic rings. The van der Waals surface area contributed by atoms with Crippen LogP contribution in [-0.4, -0.2) is 28.5 Å². The van der Waals surface area contributed by atoms with Crippen molar-refractivity contribution in [2.45, 2.75) is 20.3 Å². The van der Waals surface area contributed by atoms with Crippen molar-refractivity contribution < 1.29 is 9.59 Å². The number of aromatic nitrogens is 2. The molecular weight excluding hydrogens is 208 g/mol. The molecule has 0 unspecified atom stereocenters. The second-order valence-electron chi connectivity index (χ2n) is 2.85. The van der Waals surface area contributed by atoms with Crippen LogP contribution >= 0.6 is 0 Å². The summed E-state index contributed by atoms with van der Waals surface area (Å²) in [5, 5.41) is 2.22. The van der Waals surface area contributed by atoms with Gasteiger partial charge in [-0.2, -0.15) is 0 Å². The van der Waals surface area contributed by atoms with Crippen molar-refractivity contribution in [3.8, 4) is 0 Å². The third kappa shape index (κ3) is 2.75. The Morgan fingerprint density at radius 3 is 2.44 bits per heavy atom. The van der Waals surface area contributed by atoms with E-state index in [0.717, 1.165) is 0 Å². The molecule has 6 heteroatoms. The van der Waals surface area contributed by atoms with Gasteiger partial charge in [0.25, 0.3) is 0 Å². The van der Waals surface area contributed by atoms with Crippen LogP contribution in [-0.2, 0) is 4.79 Å². The molecule has 0 aromatic carbocycles. The number of carbonyl (C=O) groups is 2. The zero-order valence-electron chi connectivity index (χ0n) is 9.30. The number of amides is 3. The Labute approximate surface area is 93.7 Å². The highest BCUT2D eigenvalue weighted by Crippen LogP contribution is 2.13. The fraction of sp³-hybridized carbons (Fsp3) is 0.400. The Morgan fingerprint density at radius 2 is 1.88 bits per heavy atom. The number of hydrogen-bond donors (Lipinski definition) is 1. The van der Waals surface area contributed by atoms with Gasteiger partial charge in [-0.25, -0.2) is 14.8 Å². The van der Waals surface area contributed by atoms with E-state index < -0.39 is 6.03 Å². The largest absolute Gasteiger partial charge is 0.328 e. The summed E-state index contributed by atoms with van der Waals surface area (Å²) in [6, 6.07) is -0.420. The van der Waals surface area contributed by atoms with Crippen LogP contribution in [0.3, 0.4) is 0 Å². The first-order chi connectivity index (χ1) is 7.77. The van der Waals surface area contributed by atoms with Crippen molar-refractivity contribution in [3.05, 3.63) is 18.7 Å². The summed E-state index contributed by atoms with van der Waals surface area (Å²) in [6.07, 6.45) is 4.75. The van der Waals surface area contributed by atoms with Gasteiger partial charge in [0.05, 0.1) is 18.1 Å². The van der Waals surface area contributed by atoms with E-state index in [0.29, 0.717) is 18.7 Å². The van der Waals surface area contributed by atoms with Gasteiger partial charge in [0.15, 0.2) is 0 Å². The van der Waals surface area contributed by atoms with Gasteiger partial charge in [0.2, 0.25) is 5.91 Å². The Bertz CT molecular complexity index is 366. The molecule has 0 atom stereocenters. The van der Waals surface area contributed by atoms with E-state index in [1.54, 1.807) is 0 Å². The summed E-state index contributed by atoms with van der Waals surface area (Å²) in [7, 11) is 0. The van der Waals surface area contributed by atoms with Crippen molar-refractivity contribution in [1.29, 1.82) is 0 Å². The maximum absolute atomic E-state index is 11.3. The highest BCUT2D eigenvalue weighted by molar-refractivity contribution is 6.05. The second kappa shape index (κ2) is 5.79. The summed E-state index contributed by atoms with van der Waals surface area (Å²) < 4.78 is 0. The molecule has 1 N–H and O–H groups in total. The smallest absolute Gasteiger partial charge is 0.291 e. The summed E-state index contributed by atoms with van der Waals surface area (Å²) >= 11 is 0. The average Bonchev–Trinajstić information content (AvgIpc) is 2.33. The maximum Gasteiger partial charge on any atom is 0.328 e. The Kier molecular flexibility index (Phi) is 4.38. The number of carbonyl (C=O) groups excluding carboxylic acids is 2. The van der Waals surface area contributed by atoms with Crippen molar-refractivity contribution in [2.75, 3.05) is 11.4 Å². The topological polar surface area (TPSA) is 75.2 Å². The van der Waals surface area contributed by atoms with E-state index in [9.17, 15) is 9.59 Å². The van der Waals surface area contributed by atoms with Crippen molar-refractivity contribution in [2.24, 2.45) is 0 Å². The third-order valence-electron chi connectivity index (χ3n) is 1.91. The van der Waals surface area contributed by atoms with Crippen molar-refractivity contribution in [3.63, 3.8) is 0 Å². The van der Waals surface area contributed by atoms with E-state index in [2.05, 4.69) is 15.3 Å². The van der Waals surface area contributed by atoms with Crippen LogP contribution < -0.4 is 10.2 Å².